The van der Waals surface area contributed by atoms with E-state index in [4.69, 9.17) is 15.6 Å². The summed E-state index contributed by atoms with van der Waals surface area (Å²) in [4.78, 5) is 10.8. The van der Waals surface area contributed by atoms with E-state index in [-0.39, 0.29) is 11.1 Å². The maximum Gasteiger partial charge on any atom is 0.338 e. The van der Waals surface area contributed by atoms with Gasteiger partial charge >= 0.3 is 5.97 Å². The van der Waals surface area contributed by atoms with Gasteiger partial charge in [-0.15, -0.1) is 0 Å². The summed E-state index contributed by atoms with van der Waals surface area (Å²) in [5.74, 6) is -2.12. The number of nitrogens with zero attached hydrogens (tertiary/aromatic N) is 2. The standard InChI is InChI=1S/C17H9FN2O2/c18-16-8-14(5-6-15(16)17(21)22)13-3-1-11(2-4-13)7-12(9-19)10-20/h1-8H,(H,21,22). The van der Waals surface area contributed by atoms with E-state index < -0.39 is 11.8 Å². The summed E-state index contributed by atoms with van der Waals surface area (Å²) in [6, 6.07) is 14.2. The summed E-state index contributed by atoms with van der Waals surface area (Å²) in [7, 11) is 0. The van der Waals surface area contributed by atoms with E-state index in [9.17, 15) is 9.18 Å². The molecule has 0 unspecified atom stereocenters. The Hall–Kier alpha value is -3.44. The molecule has 0 bridgehead atoms. The van der Waals surface area contributed by atoms with E-state index in [1.54, 1.807) is 36.4 Å². The van der Waals surface area contributed by atoms with Crippen LogP contribution in [0, 0.1) is 28.5 Å². The molecule has 2 rings (SSSR count). The van der Waals surface area contributed by atoms with Gasteiger partial charge in [0.25, 0.3) is 0 Å². The van der Waals surface area contributed by atoms with Crippen molar-refractivity contribution < 1.29 is 14.3 Å². The van der Waals surface area contributed by atoms with Gasteiger partial charge in [0.15, 0.2) is 0 Å². The van der Waals surface area contributed by atoms with Crippen LogP contribution >= 0.6 is 0 Å². The van der Waals surface area contributed by atoms with Gasteiger partial charge in [-0.3, -0.25) is 0 Å². The minimum Gasteiger partial charge on any atom is -0.478 e. The molecule has 0 fully saturated rings. The van der Waals surface area contributed by atoms with Crippen molar-refractivity contribution in [3.63, 3.8) is 0 Å². The normalized spacial score (nSPS) is 9.41. The maximum absolute atomic E-state index is 13.7. The summed E-state index contributed by atoms with van der Waals surface area (Å²) >= 11 is 0. The first kappa shape index (κ1) is 15.0. The molecule has 106 valence electrons. The van der Waals surface area contributed by atoms with Crippen molar-refractivity contribution >= 4 is 12.0 Å². The molecule has 0 aliphatic carbocycles. The van der Waals surface area contributed by atoms with Crippen LogP contribution in [0.15, 0.2) is 48.0 Å². The fraction of sp³-hybridized carbons (Fsp3) is 0. The van der Waals surface area contributed by atoms with Gasteiger partial charge < -0.3 is 5.11 Å². The van der Waals surface area contributed by atoms with E-state index in [2.05, 4.69) is 0 Å². The summed E-state index contributed by atoms with van der Waals surface area (Å²) < 4.78 is 13.7. The quantitative estimate of drug-likeness (QED) is 0.875. The molecule has 0 atom stereocenters. The van der Waals surface area contributed by atoms with Crippen molar-refractivity contribution in [2.24, 2.45) is 0 Å². The van der Waals surface area contributed by atoms with Crippen LogP contribution in [-0.2, 0) is 0 Å². The van der Waals surface area contributed by atoms with Crippen LogP contribution in [0.3, 0.4) is 0 Å². The number of nitriles is 2. The minimum atomic E-state index is -1.31. The lowest BCUT2D eigenvalue weighted by atomic mass is 10.0. The van der Waals surface area contributed by atoms with Gasteiger partial charge in [-0.2, -0.15) is 10.5 Å². The predicted molar refractivity (Wildman–Crippen MR) is 78.0 cm³/mol. The molecule has 0 aliphatic heterocycles. The number of aromatic carboxylic acids is 1. The van der Waals surface area contributed by atoms with Crippen LogP contribution in [0.4, 0.5) is 4.39 Å². The first-order valence-corrected chi connectivity index (χ1v) is 6.20. The van der Waals surface area contributed by atoms with Crippen molar-refractivity contribution in [2.45, 2.75) is 0 Å². The molecular weight excluding hydrogens is 283 g/mol. The lowest BCUT2D eigenvalue weighted by molar-refractivity contribution is 0.0692. The molecule has 0 saturated carbocycles. The highest BCUT2D eigenvalue weighted by atomic mass is 19.1. The molecule has 0 amide bonds. The molecular formula is C17H9FN2O2. The van der Waals surface area contributed by atoms with E-state index in [0.717, 1.165) is 6.07 Å². The number of carboxylic acids is 1. The SMILES string of the molecule is N#CC(C#N)=Cc1ccc(-c2ccc(C(=O)O)c(F)c2)cc1. The van der Waals surface area contributed by atoms with Gasteiger partial charge in [-0.05, 0) is 34.9 Å². The number of halogens is 1. The number of rotatable bonds is 3. The molecule has 2 aromatic rings. The smallest absolute Gasteiger partial charge is 0.338 e. The monoisotopic (exact) mass is 292 g/mol. The van der Waals surface area contributed by atoms with Gasteiger partial charge in [0.1, 0.15) is 23.5 Å². The van der Waals surface area contributed by atoms with Crippen LogP contribution in [-0.4, -0.2) is 11.1 Å². The molecule has 0 aliphatic rings. The zero-order chi connectivity index (χ0) is 16.1. The Bertz CT molecular complexity index is 824. The maximum atomic E-state index is 13.7. The summed E-state index contributed by atoms with van der Waals surface area (Å²) in [5.41, 5.74) is 1.52. The van der Waals surface area contributed by atoms with Crippen molar-refractivity contribution in [2.75, 3.05) is 0 Å². The van der Waals surface area contributed by atoms with E-state index in [0.29, 0.717) is 16.7 Å². The molecule has 0 aromatic heterocycles. The third-order valence-corrected chi connectivity index (χ3v) is 3.00. The largest absolute Gasteiger partial charge is 0.478 e. The molecule has 4 nitrogen and oxygen atoms in total. The summed E-state index contributed by atoms with van der Waals surface area (Å²) in [5, 5.41) is 26.2. The second kappa shape index (κ2) is 6.34. The van der Waals surface area contributed by atoms with Gasteiger partial charge in [-0.25, -0.2) is 9.18 Å². The van der Waals surface area contributed by atoms with Gasteiger partial charge in [0.05, 0.1) is 5.56 Å². The van der Waals surface area contributed by atoms with Gasteiger partial charge in [0.2, 0.25) is 0 Å². The summed E-state index contributed by atoms with van der Waals surface area (Å²) in [6.45, 7) is 0. The number of carbonyl (C=O) groups is 1. The Kier molecular flexibility index (Phi) is 4.31. The molecule has 5 heteroatoms. The van der Waals surface area contributed by atoms with E-state index in [1.165, 1.54) is 18.2 Å². The van der Waals surface area contributed by atoms with Crippen LogP contribution < -0.4 is 0 Å². The van der Waals surface area contributed by atoms with Crippen LogP contribution in [0.25, 0.3) is 17.2 Å². The lowest BCUT2D eigenvalue weighted by Crippen LogP contribution is -2.00. The van der Waals surface area contributed by atoms with Crippen molar-refractivity contribution in [3.8, 4) is 23.3 Å². The number of benzene rings is 2. The highest BCUT2D eigenvalue weighted by Crippen LogP contribution is 2.23. The Morgan fingerprint density at radius 3 is 2.14 bits per heavy atom. The highest BCUT2D eigenvalue weighted by molar-refractivity contribution is 5.88. The first-order chi connectivity index (χ1) is 10.5. The molecule has 0 heterocycles. The molecule has 0 saturated heterocycles. The number of carboxylic acid groups (broad SMARTS) is 1. The van der Waals surface area contributed by atoms with Crippen molar-refractivity contribution in [1.29, 1.82) is 10.5 Å². The summed E-state index contributed by atoms with van der Waals surface area (Å²) in [6.07, 6.45) is 1.44. The fourth-order valence-electron chi connectivity index (χ4n) is 1.90. The molecule has 2 aromatic carbocycles. The highest BCUT2D eigenvalue weighted by Gasteiger charge is 2.11. The minimum absolute atomic E-state index is 0.00962. The van der Waals surface area contributed by atoms with Gasteiger partial charge in [-0.1, -0.05) is 30.3 Å². The second-order valence-electron chi connectivity index (χ2n) is 4.40. The van der Waals surface area contributed by atoms with Gasteiger partial charge in [0, 0.05) is 0 Å². The Balaban J connectivity index is 2.34. The van der Waals surface area contributed by atoms with E-state index >= 15 is 0 Å². The molecule has 22 heavy (non-hydrogen) atoms. The third kappa shape index (κ3) is 3.17. The second-order valence-corrected chi connectivity index (χ2v) is 4.40. The van der Waals surface area contributed by atoms with Crippen molar-refractivity contribution in [3.05, 3.63) is 65.0 Å². The topological polar surface area (TPSA) is 84.9 Å². The fourth-order valence-corrected chi connectivity index (χ4v) is 1.90. The average molecular weight is 292 g/mol. The number of allylic oxidation sites excluding steroid dienone is 1. The Morgan fingerprint density at radius 2 is 1.64 bits per heavy atom. The number of hydrogen-bond donors (Lipinski definition) is 1. The van der Waals surface area contributed by atoms with Crippen molar-refractivity contribution in [1.82, 2.24) is 0 Å². The third-order valence-electron chi connectivity index (χ3n) is 3.00. The van der Waals surface area contributed by atoms with Crippen LogP contribution in [0.2, 0.25) is 0 Å². The average Bonchev–Trinajstić information content (AvgIpc) is 2.52. The number of hydrogen-bond acceptors (Lipinski definition) is 3. The van der Waals surface area contributed by atoms with Crippen LogP contribution in [0.5, 0.6) is 0 Å². The molecule has 0 radical (unpaired) electrons. The zero-order valence-corrected chi connectivity index (χ0v) is 11.2. The molecule has 1 N–H and O–H groups in total. The zero-order valence-electron chi connectivity index (χ0n) is 11.2. The lowest BCUT2D eigenvalue weighted by Gasteiger charge is -2.04. The predicted octanol–water partition coefficient (Wildman–Crippen LogP) is 3.62. The van der Waals surface area contributed by atoms with E-state index in [1.807, 2.05) is 0 Å². The van der Waals surface area contributed by atoms with Crippen LogP contribution in [0.1, 0.15) is 15.9 Å². The first-order valence-electron chi connectivity index (χ1n) is 6.20. The molecule has 0 spiro atoms. The Labute approximate surface area is 126 Å². The Morgan fingerprint density at radius 1 is 1.05 bits per heavy atom.